The van der Waals surface area contributed by atoms with Crippen LogP contribution in [0.2, 0.25) is 10.0 Å². The number of nitrogens with zero attached hydrogens (tertiary/aromatic N) is 1. The average molecular weight is 466 g/mol. The molecular weight excluding hydrogens is 444 g/mol. The fourth-order valence-electron chi connectivity index (χ4n) is 3.44. The highest BCUT2D eigenvalue weighted by Crippen LogP contribution is 2.38. The smallest absolute Gasteiger partial charge is 0.355 e. The summed E-state index contributed by atoms with van der Waals surface area (Å²) >= 11 is 12.3. The van der Waals surface area contributed by atoms with E-state index < -0.39 is 17.9 Å². The Labute approximate surface area is 189 Å². The molecule has 1 unspecified atom stereocenters. The van der Waals surface area contributed by atoms with Crippen LogP contribution in [-0.2, 0) is 4.74 Å². The number of nitrogens with one attached hydrogen (secondary N) is 1. The molecule has 0 aliphatic rings. The van der Waals surface area contributed by atoms with Crippen LogP contribution in [0.5, 0.6) is 5.75 Å². The third-order valence-corrected chi connectivity index (χ3v) is 5.59. The van der Waals surface area contributed by atoms with Gasteiger partial charge in [-0.3, -0.25) is 0 Å². The second-order valence-corrected chi connectivity index (χ2v) is 7.75. The summed E-state index contributed by atoms with van der Waals surface area (Å²) in [6, 6.07) is 4.31. The van der Waals surface area contributed by atoms with Gasteiger partial charge < -0.3 is 20.2 Å². The average Bonchev–Trinajstić information content (AvgIpc) is 3.01. The number of aryl methyl sites for hydroxylation is 1. The van der Waals surface area contributed by atoms with Crippen molar-refractivity contribution in [2.45, 2.75) is 33.8 Å². The number of halogens is 3. The second-order valence-electron chi connectivity index (χ2n) is 6.97. The van der Waals surface area contributed by atoms with Gasteiger partial charge in [-0.15, -0.1) is 0 Å². The van der Waals surface area contributed by atoms with E-state index in [2.05, 4.69) is 9.97 Å². The van der Waals surface area contributed by atoms with E-state index >= 15 is 0 Å². The Morgan fingerprint density at radius 3 is 2.71 bits per heavy atom. The summed E-state index contributed by atoms with van der Waals surface area (Å²) in [5, 5.41) is 0.164. The molecule has 0 saturated carbocycles. The van der Waals surface area contributed by atoms with Crippen LogP contribution >= 0.6 is 23.2 Å². The summed E-state index contributed by atoms with van der Waals surface area (Å²) in [4.78, 5) is 19.5. The Bertz CT molecular complexity index is 1150. The van der Waals surface area contributed by atoms with Crippen LogP contribution in [0.3, 0.4) is 0 Å². The summed E-state index contributed by atoms with van der Waals surface area (Å²) in [7, 11) is 0. The molecule has 0 radical (unpaired) electrons. The molecule has 164 valence electrons. The number of hydrogen-bond donors (Lipinski definition) is 2. The number of anilines is 1. The van der Waals surface area contributed by atoms with E-state index in [0.717, 1.165) is 16.8 Å². The van der Waals surface area contributed by atoms with Gasteiger partial charge in [-0.2, -0.15) is 0 Å². The summed E-state index contributed by atoms with van der Waals surface area (Å²) in [6.07, 6.45) is 0.895. The quantitative estimate of drug-likeness (QED) is 0.342. The van der Waals surface area contributed by atoms with Gasteiger partial charge in [-0.05, 0) is 51.5 Å². The third-order valence-electron chi connectivity index (χ3n) is 4.88. The van der Waals surface area contributed by atoms with Gasteiger partial charge in [-0.1, -0.05) is 23.2 Å². The highest BCUT2D eigenvalue weighted by molar-refractivity contribution is 6.36. The zero-order chi connectivity index (χ0) is 22.9. The van der Waals surface area contributed by atoms with Crippen LogP contribution in [0, 0.1) is 19.7 Å². The van der Waals surface area contributed by atoms with Crippen molar-refractivity contribution >= 4 is 35.0 Å². The SMILES string of the molecule is CCOC(=O)c1[nH]c(C)c(-c2cnc(N)c(OC(C)c3c(Cl)ccc(F)c3Cl)c2)c1C. The van der Waals surface area contributed by atoms with Gasteiger partial charge in [0.25, 0.3) is 0 Å². The van der Waals surface area contributed by atoms with Crippen LogP contribution in [0.1, 0.15) is 47.3 Å². The maximum atomic E-state index is 13.9. The van der Waals surface area contributed by atoms with Crippen molar-refractivity contribution in [1.29, 1.82) is 0 Å². The van der Waals surface area contributed by atoms with Crippen molar-refractivity contribution in [3.63, 3.8) is 0 Å². The van der Waals surface area contributed by atoms with E-state index in [1.807, 2.05) is 13.8 Å². The van der Waals surface area contributed by atoms with E-state index in [1.165, 1.54) is 12.1 Å². The van der Waals surface area contributed by atoms with E-state index in [9.17, 15) is 9.18 Å². The van der Waals surface area contributed by atoms with Gasteiger partial charge in [0.05, 0.1) is 11.6 Å². The van der Waals surface area contributed by atoms with Crippen molar-refractivity contribution in [1.82, 2.24) is 9.97 Å². The first-order valence-corrected chi connectivity index (χ1v) is 10.3. The fraction of sp³-hybridized carbons (Fsp3) is 0.273. The number of nitrogens with two attached hydrogens (primary N) is 1. The minimum atomic E-state index is -0.696. The molecule has 31 heavy (non-hydrogen) atoms. The Kier molecular flexibility index (Phi) is 6.77. The molecular formula is C22H22Cl2FN3O3. The van der Waals surface area contributed by atoms with Crippen molar-refractivity contribution in [3.05, 3.63) is 62.8 Å². The molecule has 3 rings (SSSR count). The lowest BCUT2D eigenvalue weighted by molar-refractivity contribution is 0.0519. The lowest BCUT2D eigenvalue weighted by Crippen LogP contribution is -2.08. The number of carbonyl (C=O) groups excluding carboxylic acids is 1. The zero-order valence-electron chi connectivity index (χ0n) is 17.5. The van der Waals surface area contributed by atoms with Crippen molar-refractivity contribution in [3.8, 4) is 16.9 Å². The third kappa shape index (κ3) is 4.48. The molecule has 0 spiro atoms. The van der Waals surface area contributed by atoms with E-state index in [4.69, 9.17) is 38.4 Å². The van der Waals surface area contributed by atoms with Gasteiger partial charge in [0.15, 0.2) is 11.6 Å². The van der Waals surface area contributed by atoms with Gasteiger partial charge in [0.1, 0.15) is 17.6 Å². The number of hydrogen-bond acceptors (Lipinski definition) is 5. The molecule has 1 atom stereocenters. The molecule has 6 nitrogen and oxygen atoms in total. The van der Waals surface area contributed by atoms with Crippen molar-refractivity contribution < 1.29 is 18.7 Å². The summed E-state index contributed by atoms with van der Waals surface area (Å²) < 4.78 is 25.0. The first-order valence-electron chi connectivity index (χ1n) is 9.57. The number of carbonyl (C=O) groups is 1. The standard InChI is InChI=1S/C22H22Cl2FN3O3/c1-5-30-22(29)20-10(2)17(11(3)28-20)13-8-16(21(26)27-9-13)31-12(4)18-14(23)6-7-15(25)19(18)24/h6-9,12,28H,5H2,1-4H3,(H2,26,27). The normalized spacial score (nSPS) is 12.0. The number of aromatic nitrogens is 2. The van der Waals surface area contributed by atoms with Crippen LogP contribution in [-0.4, -0.2) is 22.5 Å². The van der Waals surface area contributed by atoms with Gasteiger partial charge in [-0.25, -0.2) is 14.2 Å². The van der Waals surface area contributed by atoms with Gasteiger partial charge in [0.2, 0.25) is 0 Å². The van der Waals surface area contributed by atoms with E-state index in [-0.39, 0.29) is 28.2 Å². The summed E-state index contributed by atoms with van der Waals surface area (Å²) in [6.45, 7) is 7.37. The van der Waals surface area contributed by atoms with Gasteiger partial charge in [0, 0.05) is 33.6 Å². The number of ether oxygens (including phenoxy) is 2. The molecule has 0 fully saturated rings. The largest absolute Gasteiger partial charge is 0.482 e. The number of aromatic amines is 1. The second kappa shape index (κ2) is 9.16. The maximum Gasteiger partial charge on any atom is 0.355 e. The monoisotopic (exact) mass is 465 g/mol. The summed E-state index contributed by atoms with van der Waals surface area (Å²) in [5.74, 6) is -0.602. The number of H-pyrrole nitrogens is 1. The molecule has 2 aromatic heterocycles. The molecule has 0 aliphatic heterocycles. The highest BCUT2D eigenvalue weighted by atomic mass is 35.5. The molecule has 2 heterocycles. The molecule has 3 N–H and O–H groups in total. The highest BCUT2D eigenvalue weighted by Gasteiger charge is 2.22. The number of pyridine rings is 1. The molecule has 3 aromatic rings. The first kappa shape index (κ1) is 22.9. The molecule has 0 bridgehead atoms. The van der Waals surface area contributed by atoms with Crippen LogP contribution in [0.4, 0.5) is 10.2 Å². The van der Waals surface area contributed by atoms with Crippen molar-refractivity contribution in [2.24, 2.45) is 0 Å². The molecule has 0 aliphatic carbocycles. The van der Waals surface area contributed by atoms with Crippen LogP contribution in [0.25, 0.3) is 11.1 Å². The number of esters is 1. The lowest BCUT2D eigenvalue weighted by atomic mass is 10.0. The van der Waals surface area contributed by atoms with E-state index in [1.54, 1.807) is 26.1 Å². The predicted molar refractivity (Wildman–Crippen MR) is 119 cm³/mol. The number of benzene rings is 1. The van der Waals surface area contributed by atoms with Crippen molar-refractivity contribution in [2.75, 3.05) is 12.3 Å². The Balaban J connectivity index is 1.99. The topological polar surface area (TPSA) is 90.2 Å². The Morgan fingerprint density at radius 2 is 2.03 bits per heavy atom. The minimum absolute atomic E-state index is 0.112. The number of rotatable bonds is 6. The first-order chi connectivity index (χ1) is 14.6. The Hall–Kier alpha value is -2.77. The zero-order valence-corrected chi connectivity index (χ0v) is 19.0. The fourth-order valence-corrected chi connectivity index (χ4v) is 4.12. The number of nitrogen functional groups attached to an aromatic ring is 1. The van der Waals surface area contributed by atoms with Crippen LogP contribution < -0.4 is 10.5 Å². The molecule has 0 amide bonds. The van der Waals surface area contributed by atoms with Crippen LogP contribution in [0.15, 0.2) is 24.4 Å². The maximum absolute atomic E-state index is 13.9. The molecule has 1 aromatic carbocycles. The molecule has 9 heteroatoms. The predicted octanol–water partition coefficient (Wildman–Crippen LogP) is 6.04. The van der Waals surface area contributed by atoms with E-state index in [0.29, 0.717) is 16.8 Å². The summed E-state index contributed by atoms with van der Waals surface area (Å²) in [5.41, 5.74) is 9.66. The lowest BCUT2D eigenvalue weighted by Gasteiger charge is -2.19. The molecule has 0 saturated heterocycles. The van der Waals surface area contributed by atoms with Gasteiger partial charge >= 0.3 is 5.97 Å². The Morgan fingerprint density at radius 1 is 1.32 bits per heavy atom. The minimum Gasteiger partial charge on any atom is -0.482 e.